The molecule has 1 nitrogen and oxygen atoms in total. The Hall–Kier alpha value is -0.525. The normalized spacial score (nSPS) is 8.67. The van der Waals surface area contributed by atoms with Crippen molar-refractivity contribution in [1.82, 2.24) is 5.32 Å². The van der Waals surface area contributed by atoms with Crippen LogP contribution < -0.4 is 5.32 Å². The fraction of sp³-hybridized carbons (Fsp3) is 0.250. The third-order valence-electron chi connectivity index (χ3n) is 0.374. The van der Waals surface area contributed by atoms with E-state index in [9.17, 15) is 0 Å². The molecule has 2 heteroatoms. The monoisotopic (exact) mass is 80.1 g/mol. The van der Waals surface area contributed by atoms with Gasteiger partial charge in [0.15, 0.2) is 0 Å². The Morgan fingerprint density at radius 1 is 1.67 bits per heavy atom. The van der Waals surface area contributed by atoms with Crippen molar-refractivity contribution >= 4 is 13.5 Å². The molecule has 0 aromatic heterocycles. The summed E-state index contributed by atoms with van der Waals surface area (Å²) in [6, 6.07) is 0. The quantitative estimate of drug-likeness (QED) is 0.448. The number of hydrogen-bond donors (Lipinski definition) is 1. The number of hydrogen-bond acceptors (Lipinski definition) is 1. The molecular formula is C4H7BN. The first-order valence-corrected chi connectivity index (χ1v) is 1.79. The van der Waals surface area contributed by atoms with Gasteiger partial charge in [-0.05, 0) is 0 Å². The van der Waals surface area contributed by atoms with Crippen LogP contribution in [-0.2, 0) is 0 Å². The maximum absolute atomic E-state index is 4.96. The standard InChI is InChI=1S/C4H7BN/c1-6-4-2-3-5/h2-4,6H,1H3/b4-2-. The van der Waals surface area contributed by atoms with Crippen LogP contribution in [0.4, 0.5) is 0 Å². The van der Waals surface area contributed by atoms with Crippen LogP contribution in [0.15, 0.2) is 12.3 Å². The zero-order valence-electron chi connectivity index (χ0n) is 3.81. The van der Waals surface area contributed by atoms with Crippen LogP contribution >= 0.6 is 0 Å². The van der Waals surface area contributed by atoms with Gasteiger partial charge < -0.3 is 0 Å². The van der Waals surface area contributed by atoms with Gasteiger partial charge in [0.05, 0.1) is 0 Å². The minimum atomic E-state index is 1.47. The Kier molecular flexibility index (Phi) is 4.08. The first-order chi connectivity index (χ1) is 2.91. The number of rotatable bonds is 2. The third-order valence-corrected chi connectivity index (χ3v) is 0.374. The maximum atomic E-state index is 4.96. The topological polar surface area (TPSA) is 12.0 Å². The van der Waals surface area contributed by atoms with Crippen LogP contribution in [0.3, 0.4) is 0 Å². The average Bonchev–Trinajstić information content (AvgIpc) is 1.61. The van der Waals surface area contributed by atoms with Crippen LogP contribution in [0.1, 0.15) is 0 Å². The van der Waals surface area contributed by atoms with Crippen LogP contribution in [0.2, 0.25) is 0 Å². The van der Waals surface area contributed by atoms with Crippen molar-refractivity contribution in [2.45, 2.75) is 0 Å². The summed E-state index contributed by atoms with van der Waals surface area (Å²) in [6.07, 6.45) is 3.47. The van der Waals surface area contributed by atoms with E-state index >= 15 is 0 Å². The molecule has 0 heterocycles. The SMILES string of the molecule is [B]=C/C=C\NC. The minimum absolute atomic E-state index is 1.47. The number of allylic oxidation sites excluding steroid dienone is 1. The van der Waals surface area contributed by atoms with Gasteiger partial charge in [-0.3, -0.25) is 0 Å². The molecule has 6 heavy (non-hydrogen) atoms. The molecule has 0 saturated heterocycles. The van der Waals surface area contributed by atoms with E-state index < -0.39 is 0 Å². The summed E-state index contributed by atoms with van der Waals surface area (Å²) < 4.78 is 0. The summed E-state index contributed by atoms with van der Waals surface area (Å²) in [5.74, 6) is 1.47. The van der Waals surface area contributed by atoms with E-state index in [-0.39, 0.29) is 0 Å². The summed E-state index contributed by atoms with van der Waals surface area (Å²) in [6.45, 7) is 0. The summed E-state index contributed by atoms with van der Waals surface area (Å²) >= 11 is 0. The first kappa shape index (κ1) is 5.47. The molecule has 0 aromatic rings. The Labute approximate surface area is 39.1 Å². The van der Waals surface area contributed by atoms with Crippen molar-refractivity contribution in [3.05, 3.63) is 12.3 Å². The van der Waals surface area contributed by atoms with E-state index in [1.165, 1.54) is 5.97 Å². The molecular weight excluding hydrogens is 72.9 g/mol. The molecule has 0 atom stereocenters. The summed E-state index contributed by atoms with van der Waals surface area (Å²) in [4.78, 5) is 0. The summed E-state index contributed by atoms with van der Waals surface area (Å²) in [7, 11) is 6.78. The van der Waals surface area contributed by atoms with Crippen LogP contribution in [0.25, 0.3) is 0 Å². The predicted molar refractivity (Wildman–Crippen MR) is 30.0 cm³/mol. The van der Waals surface area contributed by atoms with Gasteiger partial charge in [-0.15, -0.1) is 0 Å². The van der Waals surface area contributed by atoms with E-state index in [4.69, 9.17) is 7.49 Å². The van der Waals surface area contributed by atoms with Crippen molar-refractivity contribution in [1.29, 1.82) is 0 Å². The molecule has 0 bridgehead atoms. The second kappa shape index (κ2) is 4.47. The van der Waals surface area contributed by atoms with Gasteiger partial charge >= 0.3 is 38.1 Å². The fourth-order valence-corrected chi connectivity index (χ4v) is 0.152. The molecule has 0 fully saturated rings. The second-order valence-corrected chi connectivity index (χ2v) is 0.840. The molecule has 0 rings (SSSR count). The summed E-state index contributed by atoms with van der Waals surface area (Å²) in [5.41, 5.74) is 0. The fourth-order valence-electron chi connectivity index (χ4n) is 0.152. The molecule has 0 unspecified atom stereocenters. The molecule has 1 N–H and O–H groups in total. The van der Waals surface area contributed by atoms with Gasteiger partial charge in [0.25, 0.3) is 0 Å². The van der Waals surface area contributed by atoms with E-state index in [0.29, 0.717) is 0 Å². The van der Waals surface area contributed by atoms with Crippen molar-refractivity contribution in [2.24, 2.45) is 0 Å². The van der Waals surface area contributed by atoms with Gasteiger partial charge in [-0.25, -0.2) is 0 Å². The van der Waals surface area contributed by atoms with Crippen molar-refractivity contribution in [2.75, 3.05) is 7.05 Å². The number of nitrogens with one attached hydrogen (secondary N) is 1. The molecule has 0 saturated carbocycles. The average molecular weight is 79.9 g/mol. The van der Waals surface area contributed by atoms with Crippen LogP contribution in [0.5, 0.6) is 0 Å². The Morgan fingerprint density at radius 2 is 2.33 bits per heavy atom. The molecule has 0 aromatic carbocycles. The van der Waals surface area contributed by atoms with Crippen molar-refractivity contribution in [3.63, 3.8) is 0 Å². The molecule has 1 radical (unpaired) electrons. The second-order valence-electron chi connectivity index (χ2n) is 0.840. The van der Waals surface area contributed by atoms with Gasteiger partial charge in [0, 0.05) is 0 Å². The molecule has 0 aliphatic rings. The summed E-state index contributed by atoms with van der Waals surface area (Å²) in [5, 5.41) is 2.78. The molecule has 0 amide bonds. The van der Waals surface area contributed by atoms with Crippen LogP contribution in [0, 0.1) is 0 Å². The first-order valence-electron chi connectivity index (χ1n) is 1.79. The molecule has 0 aliphatic heterocycles. The predicted octanol–water partition coefficient (Wildman–Crippen LogP) is -0.310. The van der Waals surface area contributed by atoms with E-state index in [1.807, 2.05) is 7.05 Å². The van der Waals surface area contributed by atoms with Gasteiger partial charge in [-0.2, -0.15) is 0 Å². The Balaban J connectivity index is 2.94. The Bertz CT molecular complexity index is 58.6. The zero-order valence-corrected chi connectivity index (χ0v) is 3.81. The van der Waals surface area contributed by atoms with E-state index in [0.717, 1.165) is 0 Å². The van der Waals surface area contributed by atoms with Gasteiger partial charge in [-0.1, -0.05) is 0 Å². The van der Waals surface area contributed by atoms with Crippen molar-refractivity contribution in [3.8, 4) is 0 Å². The van der Waals surface area contributed by atoms with Crippen molar-refractivity contribution < 1.29 is 0 Å². The molecule has 0 spiro atoms. The Morgan fingerprint density at radius 3 is 2.50 bits per heavy atom. The third kappa shape index (κ3) is 3.47. The zero-order chi connectivity index (χ0) is 4.83. The molecule has 0 aliphatic carbocycles. The van der Waals surface area contributed by atoms with Gasteiger partial charge in [0.2, 0.25) is 0 Å². The van der Waals surface area contributed by atoms with Gasteiger partial charge in [0.1, 0.15) is 0 Å². The van der Waals surface area contributed by atoms with E-state index in [2.05, 4.69) is 5.32 Å². The van der Waals surface area contributed by atoms with Crippen LogP contribution in [-0.4, -0.2) is 20.5 Å². The van der Waals surface area contributed by atoms with E-state index in [1.54, 1.807) is 12.3 Å². The molecule has 31 valence electrons.